The van der Waals surface area contributed by atoms with Crippen molar-refractivity contribution in [1.29, 1.82) is 0 Å². The molecule has 1 aliphatic rings. The van der Waals surface area contributed by atoms with Crippen LogP contribution in [0.2, 0.25) is 0 Å². The summed E-state index contributed by atoms with van der Waals surface area (Å²) < 4.78 is 2.03. The Morgan fingerprint density at radius 1 is 1.40 bits per heavy atom. The first-order valence-corrected chi connectivity index (χ1v) is 8.36. The van der Waals surface area contributed by atoms with Crippen LogP contribution < -0.4 is 0 Å². The van der Waals surface area contributed by atoms with Gasteiger partial charge in [-0.05, 0) is 44.1 Å². The van der Waals surface area contributed by atoms with Gasteiger partial charge >= 0.3 is 0 Å². The molecule has 114 valence electrons. The molecule has 3 heteroatoms. The lowest BCUT2D eigenvalue weighted by molar-refractivity contribution is 0.0676. The van der Waals surface area contributed by atoms with Crippen LogP contribution in [0.1, 0.15) is 71.0 Å². The van der Waals surface area contributed by atoms with Gasteiger partial charge in [0.2, 0.25) is 0 Å². The third-order valence-corrected chi connectivity index (χ3v) is 5.07. The quantitative estimate of drug-likeness (QED) is 0.855. The molecule has 1 fully saturated rings. The topological polar surface area (TPSA) is 38.0 Å². The van der Waals surface area contributed by atoms with Crippen molar-refractivity contribution in [3.8, 4) is 0 Å². The number of aromatic nitrogens is 2. The molecule has 0 aromatic carbocycles. The van der Waals surface area contributed by atoms with Crippen LogP contribution in [0.25, 0.3) is 0 Å². The van der Waals surface area contributed by atoms with Gasteiger partial charge in [-0.15, -0.1) is 0 Å². The van der Waals surface area contributed by atoms with Crippen LogP contribution in [-0.4, -0.2) is 21.0 Å². The zero-order chi connectivity index (χ0) is 14.5. The molecule has 0 spiro atoms. The average Bonchev–Trinajstić information content (AvgIpc) is 2.95. The molecule has 0 aliphatic heterocycles. The Kier molecular flexibility index (Phi) is 5.64. The minimum atomic E-state index is -0.218. The highest BCUT2D eigenvalue weighted by atomic mass is 16.3. The van der Waals surface area contributed by atoms with Crippen LogP contribution >= 0.6 is 0 Å². The van der Waals surface area contributed by atoms with E-state index in [-0.39, 0.29) is 6.10 Å². The molecule has 2 rings (SSSR count). The van der Waals surface area contributed by atoms with Crippen molar-refractivity contribution in [3.63, 3.8) is 0 Å². The van der Waals surface area contributed by atoms with Crippen molar-refractivity contribution in [2.24, 2.45) is 11.8 Å². The lowest BCUT2D eigenvalue weighted by Gasteiger charge is -2.31. The van der Waals surface area contributed by atoms with E-state index >= 15 is 0 Å². The van der Waals surface area contributed by atoms with E-state index in [4.69, 9.17) is 0 Å². The molecule has 0 amide bonds. The summed E-state index contributed by atoms with van der Waals surface area (Å²) in [5.41, 5.74) is 1.04. The Labute approximate surface area is 123 Å². The molecule has 1 aromatic heterocycles. The first kappa shape index (κ1) is 15.6. The van der Waals surface area contributed by atoms with Gasteiger partial charge in [-0.1, -0.05) is 33.1 Å². The third kappa shape index (κ3) is 3.85. The Balaban J connectivity index is 1.90. The van der Waals surface area contributed by atoms with Crippen LogP contribution in [0.15, 0.2) is 12.3 Å². The molecule has 4 atom stereocenters. The van der Waals surface area contributed by atoms with Crippen LogP contribution in [0.4, 0.5) is 0 Å². The molecule has 4 unspecified atom stereocenters. The first-order chi connectivity index (χ1) is 9.63. The van der Waals surface area contributed by atoms with E-state index in [1.165, 1.54) is 32.1 Å². The summed E-state index contributed by atoms with van der Waals surface area (Å²) in [5, 5.41) is 15.1. The molecule has 1 heterocycles. The molecular weight excluding hydrogens is 248 g/mol. The van der Waals surface area contributed by atoms with E-state index in [1.54, 1.807) is 0 Å². The van der Waals surface area contributed by atoms with Crippen molar-refractivity contribution < 1.29 is 5.11 Å². The van der Waals surface area contributed by atoms with Gasteiger partial charge in [0.25, 0.3) is 0 Å². The predicted molar refractivity (Wildman–Crippen MR) is 82.7 cm³/mol. The number of rotatable bonds is 6. The van der Waals surface area contributed by atoms with E-state index in [9.17, 15) is 5.11 Å². The summed E-state index contributed by atoms with van der Waals surface area (Å²) in [6.07, 6.45) is 9.90. The fraction of sp³-hybridized carbons (Fsp3) is 0.824. The second-order valence-corrected chi connectivity index (χ2v) is 6.52. The minimum absolute atomic E-state index is 0.218. The maximum atomic E-state index is 10.5. The molecule has 1 saturated carbocycles. The van der Waals surface area contributed by atoms with Gasteiger partial charge in [-0.25, -0.2) is 0 Å². The van der Waals surface area contributed by atoms with Gasteiger partial charge in [-0.2, -0.15) is 5.10 Å². The van der Waals surface area contributed by atoms with Crippen molar-refractivity contribution in [3.05, 3.63) is 18.0 Å². The molecule has 0 saturated heterocycles. The van der Waals surface area contributed by atoms with E-state index in [1.807, 2.05) is 10.9 Å². The molecule has 1 aliphatic carbocycles. The normalized spacial score (nSPS) is 26.4. The highest BCUT2D eigenvalue weighted by Crippen LogP contribution is 2.33. The summed E-state index contributed by atoms with van der Waals surface area (Å²) in [6, 6.07) is 2.51. The van der Waals surface area contributed by atoms with Gasteiger partial charge in [0.05, 0.1) is 11.8 Å². The molecule has 0 bridgehead atoms. The third-order valence-electron chi connectivity index (χ3n) is 5.07. The number of hydrogen-bond acceptors (Lipinski definition) is 2. The van der Waals surface area contributed by atoms with Crippen LogP contribution in [0.3, 0.4) is 0 Å². The Morgan fingerprint density at radius 2 is 2.20 bits per heavy atom. The minimum Gasteiger partial charge on any atom is -0.392 e. The van der Waals surface area contributed by atoms with E-state index in [0.29, 0.717) is 18.4 Å². The number of aliphatic hydroxyl groups excluding tert-OH is 1. The maximum absolute atomic E-state index is 10.5. The predicted octanol–water partition coefficient (Wildman–Crippen LogP) is 3.97. The molecule has 0 radical (unpaired) electrons. The van der Waals surface area contributed by atoms with Crippen LogP contribution in [0, 0.1) is 11.8 Å². The number of hydrogen-bond donors (Lipinski definition) is 1. The fourth-order valence-corrected chi connectivity index (χ4v) is 3.35. The lowest BCUT2D eigenvalue weighted by Crippen LogP contribution is -2.28. The highest BCUT2D eigenvalue weighted by Gasteiger charge is 2.27. The molecule has 3 nitrogen and oxygen atoms in total. The summed E-state index contributed by atoms with van der Waals surface area (Å²) in [5.74, 6) is 1.29. The van der Waals surface area contributed by atoms with Gasteiger partial charge in [-0.3, -0.25) is 4.68 Å². The number of nitrogens with zero attached hydrogens (tertiary/aromatic N) is 2. The zero-order valence-corrected chi connectivity index (χ0v) is 13.3. The van der Waals surface area contributed by atoms with Gasteiger partial charge < -0.3 is 5.11 Å². The van der Waals surface area contributed by atoms with E-state index in [2.05, 4.69) is 31.9 Å². The van der Waals surface area contributed by atoms with Gasteiger partial charge in [0.1, 0.15) is 0 Å². The summed E-state index contributed by atoms with van der Waals surface area (Å²) in [4.78, 5) is 0. The second-order valence-electron chi connectivity index (χ2n) is 6.52. The van der Waals surface area contributed by atoms with E-state index < -0.39 is 0 Å². The SMILES string of the molecule is CCC1CCCC(C(O)Cc2ccn(C(C)CC)n2)C1. The van der Waals surface area contributed by atoms with Crippen LogP contribution in [-0.2, 0) is 6.42 Å². The first-order valence-electron chi connectivity index (χ1n) is 8.36. The highest BCUT2D eigenvalue weighted by molar-refractivity contribution is 5.02. The van der Waals surface area contributed by atoms with Gasteiger partial charge in [0, 0.05) is 18.7 Å². The monoisotopic (exact) mass is 278 g/mol. The largest absolute Gasteiger partial charge is 0.392 e. The van der Waals surface area contributed by atoms with Crippen molar-refractivity contribution in [2.75, 3.05) is 0 Å². The van der Waals surface area contributed by atoms with Crippen molar-refractivity contribution in [1.82, 2.24) is 9.78 Å². The van der Waals surface area contributed by atoms with E-state index in [0.717, 1.165) is 18.0 Å². The van der Waals surface area contributed by atoms with Crippen LogP contribution in [0.5, 0.6) is 0 Å². The van der Waals surface area contributed by atoms with Gasteiger partial charge in [0.15, 0.2) is 0 Å². The number of aliphatic hydroxyl groups is 1. The van der Waals surface area contributed by atoms with Crippen molar-refractivity contribution >= 4 is 0 Å². The standard InChI is InChI=1S/C17H30N2O/c1-4-13(3)19-10-9-16(18-19)12-17(20)15-8-6-7-14(5-2)11-15/h9-10,13-15,17,20H,4-8,11-12H2,1-3H3. The molecule has 20 heavy (non-hydrogen) atoms. The smallest absolute Gasteiger partial charge is 0.0650 e. The Hall–Kier alpha value is -0.830. The maximum Gasteiger partial charge on any atom is 0.0650 e. The Morgan fingerprint density at radius 3 is 2.90 bits per heavy atom. The molecule has 1 aromatic rings. The summed E-state index contributed by atoms with van der Waals surface area (Å²) in [7, 11) is 0. The lowest BCUT2D eigenvalue weighted by atomic mass is 9.77. The Bertz CT molecular complexity index is 401. The molecule has 1 N–H and O–H groups in total. The second kappa shape index (κ2) is 7.26. The zero-order valence-electron chi connectivity index (χ0n) is 13.3. The fourth-order valence-electron chi connectivity index (χ4n) is 3.35. The summed E-state index contributed by atoms with van der Waals surface area (Å²) in [6.45, 7) is 6.63. The molecular formula is C17H30N2O. The average molecular weight is 278 g/mol. The summed E-state index contributed by atoms with van der Waals surface area (Å²) >= 11 is 0. The van der Waals surface area contributed by atoms with Crippen molar-refractivity contribution in [2.45, 2.75) is 77.9 Å².